The van der Waals surface area contributed by atoms with Gasteiger partial charge < -0.3 is 0 Å². The summed E-state index contributed by atoms with van der Waals surface area (Å²) in [7, 11) is 0. The SMILES string of the molecule is C=CC1C2C=CC(=O)C12. The van der Waals surface area contributed by atoms with Crippen LogP contribution >= 0.6 is 0 Å². The number of carbonyl (C=O) groups excluding carboxylic acids is 1. The molecule has 0 radical (unpaired) electrons. The minimum absolute atomic E-state index is 0.294. The maximum absolute atomic E-state index is 10.9. The molecule has 0 aromatic heterocycles. The maximum Gasteiger partial charge on any atom is 0.159 e. The molecule has 2 aliphatic rings. The first kappa shape index (κ1) is 4.98. The van der Waals surface area contributed by atoms with E-state index in [0.717, 1.165) is 0 Å². The molecule has 0 bridgehead atoms. The van der Waals surface area contributed by atoms with Crippen molar-refractivity contribution in [3.05, 3.63) is 24.8 Å². The Bertz CT molecular complexity index is 199. The van der Waals surface area contributed by atoms with Crippen molar-refractivity contribution in [3.63, 3.8) is 0 Å². The molecule has 0 saturated heterocycles. The molecular formula is C8H8O. The van der Waals surface area contributed by atoms with Crippen LogP contribution in [0.1, 0.15) is 0 Å². The quantitative estimate of drug-likeness (QED) is 0.475. The maximum atomic E-state index is 10.9. The van der Waals surface area contributed by atoms with E-state index in [-0.39, 0.29) is 0 Å². The molecule has 2 aliphatic carbocycles. The third-order valence-corrected chi connectivity index (χ3v) is 2.22. The number of hydrogen-bond donors (Lipinski definition) is 0. The van der Waals surface area contributed by atoms with Crippen LogP contribution in [-0.4, -0.2) is 5.78 Å². The van der Waals surface area contributed by atoms with Crippen molar-refractivity contribution < 1.29 is 4.79 Å². The highest BCUT2D eigenvalue weighted by molar-refractivity contribution is 5.98. The molecule has 0 amide bonds. The molecule has 1 fully saturated rings. The fraction of sp³-hybridized carbons (Fsp3) is 0.375. The van der Waals surface area contributed by atoms with Crippen LogP contribution < -0.4 is 0 Å². The highest BCUT2D eigenvalue weighted by Gasteiger charge is 2.53. The molecule has 0 aromatic rings. The van der Waals surface area contributed by atoms with Gasteiger partial charge in [-0.2, -0.15) is 0 Å². The predicted molar refractivity (Wildman–Crippen MR) is 34.8 cm³/mol. The Morgan fingerprint density at radius 3 is 2.78 bits per heavy atom. The molecule has 1 saturated carbocycles. The van der Waals surface area contributed by atoms with Crippen molar-refractivity contribution in [2.75, 3.05) is 0 Å². The van der Waals surface area contributed by atoms with Crippen LogP contribution in [0.4, 0.5) is 0 Å². The van der Waals surface area contributed by atoms with Gasteiger partial charge in [0.1, 0.15) is 0 Å². The molecule has 46 valence electrons. The van der Waals surface area contributed by atoms with Crippen molar-refractivity contribution >= 4 is 5.78 Å². The van der Waals surface area contributed by atoms with Gasteiger partial charge in [0.2, 0.25) is 0 Å². The van der Waals surface area contributed by atoms with Crippen LogP contribution in [0.2, 0.25) is 0 Å². The van der Waals surface area contributed by atoms with E-state index in [1.165, 1.54) is 0 Å². The van der Waals surface area contributed by atoms with Crippen LogP contribution in [0.15, 0.2) is 24.8 Å². The van der Waals surface area contributed by atoms with Gasteiger partial charge >= 0.3 is 0 Å². The summed E-state index contributed by atoms with van der Waals surface area (Å²) in [5.41, 5.74) is 0. The van der Waals surface area contributed by atoms with E-state index in [4.69, 9.17) is 0 Å². The number of allylic oxidation sites excluding steroid dienone is 3. The first-order valence-electron chi connectivity index (χ1n) is 3.19. The lowest BCUT2D eigenvalue weighted by Crippen LogP contribution is -1.93. The summed E-state index contributed by atoms with van der Waals surface area (Å²) in [6, 6.07) is 0. The lowest BCUT2D eigenvalue weighted by atomic mass is 10.2. The lowest BCUT2D eigenvalue weighted by Gasteiger charge is -1.84. The molecule has 1 nitrogen and oxygen atoms in total. The Labute approximate surface area is 54.1 Å². The highest BCUT2D eigenvalue weighted by Crippen LogP contribution is 2.52. The first-order valence-corrected chi connectivity index (χ1v) is 3.19. The van der Waals surface area contributed by atoms with E-state index >= 15 is 0 Å². The van der Waals surface area contributed by atoms with Gasteiger partial charge in [-0.1, -0.05) is 12.2 Å². The number of fused-ring (bicyclic) bond motifs is 1. The summed E-state index contributed by atoms with van der Waals surface area (Å²) in [5, 5.41) is 0. The molecular weight excluding hydrogens is 112 g/mol. The van der Waals surface area contributed by atoms with Crippen LogP contribution in [0, 0.1) is 17.8 Å². The molecule has 1 heteroatoms. The van der Waals surface area contributed by atoms with Gasteiger partial charge in [0, 0.05) is 5.92 Å². The van der Waals surface area contributed by atoms with Gasteiger partial charge in [-0.05, 0) is 17.9 Å². The highest BCUT2D eigenvalue weighted by atomic mass is 16.1. The Kier molecular flexibility index (Phi) is 0.747. The number of hydrogen-bond acceptors (Lipinski definition) is 1. The summed E-state index contributed by atoms with van der Waals surface area (Å²) in [6.07, 6.45) is 5.57. The Hall–Kier alpha value is -0.850. The zero-order valence-electron chi connectivity index (χ0n) is 5.08. The smallest absolute Gasteiger partial charge is 0.159 e. The largest absolute Gasteiger partial charge is 0.295 e. The lowest BCUT2D eigenvalue weighted by molar-refractivity contribution is -0.115. The van der Waals surface area contributed by atoms with Crippen LogP contribution in [0.25, 0.3) is 0 Å². The number of ketones is 1. The second-order valence-corrected chi connectivity index (χ2v) is 2.68. The normalized spacial score (nSPS) is 44.9. The van der Waals surface area contributed by atoms with E-state index in [1.807, 2.05) is 12.2 Å². The molecule has 0 aliphatic heterocycles. The second-order valence-electron chi connectivity index (χ2n) is 2.68. The van der Waals surface area contributed by atoms with Crippen LogP contribution in [0.3, 0.4) is 0 Å². The standard InChI is InChI=1S/C8H8O/c1-2-5-6-3-4-7(9)8(5)6/h2-6,8H,1H2. The summed E-state index contributed by atoms with van der Waals surface area (Å²) in [6.45, 7) is 3.65. The minimum atomic E-state index is 0.294. The molecule has 3 atom stereocenters. The summed E-state index contributed by atoms with van der Waals surface area (Å²) < 4.78 is 0. The molecule has 2 rings (SSSR count). The Morgan fingerprint density at radius 2 is 2.44 bits per heavy atom. The topological polar surface area (TPSA) is 17.1 Å². The first-order chi connectivity index (χ1) is 4.34. The van der Waals surface area contributed by atoms with Gasteiger partial charge in [0.25, 0.3) is 0 Å². The predicted octanol–water partition coefficient (Wildman–Crippen LogP) is 1.17. The van der Waals surface area contributed by atoms with Crippen LogP contribution in [0.5, 0.6) is 0 Å². The Morgan fingerprint density at radius 1 is 1.67 bits per heavy atom. The summed E-state index contributed by atoms with van der Waals surface area (Å²) in [5.74, 6) is 1.59. The molecule has 0 N–H and O–H groups in total. The summed E-state index contributed by atoms with van der Waals surface area (Å²) >= 11 is 0. The van der Waals surface area contributed by atoms with Crippen molar-refractivity contribution in [1.82, 2.24) is 0 Å². The Balaban J connectivity index is 2.23. The van der Waals surface area contributed by atoms with E-state index in [1.54, 1.807) is 6.08 Å². The van der Waals surface area contributed by atoms with Gasteiger partial charge in [0.05, 0.1) is 0 Å². The van der Waals surface area contributed by atoms with Crippen LogP contribution in [-0.2, 0) is 4.79 Å². The average molecular weight is 120 g/mol. The number of rotatable bonds is 1. The van der Waals surface area contributed by atoms with E-state index in [9.17, 15) is 4.79 Å². The third-order valence-electron chi connectivity index (χ3n) is 2.22. The van der Waals surface area contributed by atoms with E-state index in [0.29, 0.717) is 23.5 Å². The van der Waals surface area contributed by atoms with E-state index < -0.39 is 0 Å². The van der Waals surface area contributed by atoms with Gasteiger partial charge in [-0.3, -0.25) is 4.79 Å². The van der Waals surface area contributed by atoms with Crippen molar-refractivity contribution in [3.8, 4) is 0 Å². The van der Waals surface area contributed by atoms with Gasteiger partial charge in [0.15, 0.2) is 5.78 Å². The molecule has 9 heavy (non-hydrogen) atoms. The fourth-order valence-electron chi connectivity index (χ4n) is 1.61. The van der Waals surface area contributed by atoms with Gasteiger partial charge in [-0.25, -0.2) is 0 Å². The average Bonchev–Trinajstić information content (AvgIpc) is 2.46. The molecule has 0 heterocycles. The van der Waals surface area contributed by atoms with Crippen molar-refractivity contribution in [1.29, 1.82) is 0 Å². The van der Waals surface area contributed by atoms with Gasteiger partial charge in [-0.15, -0.1) is 6.58 Å². The molecule has 0 aromatic carbocycles. The van der Waals surface area contributed by atoms with Crippen molar-refractivity contribution in [2.24, 2.45) is 17.8 Å². The molecule has 0 spiro atoms. The second kappa shape index (κ2) is 1.35. The molecule has 3 unspecified atom stereocenters. The minimum Gasteiger partial charge on any atom is -0.295 e. The zero-order chi connectivity index (χ0) is 6.43. The number of carbonyl (C=O) groups is 1. The third kappa shape index (κ3) is 0.467. The monoisotopic (exact) mass is 120 g/mol. The fourth-order valence-corrected chi connectivity index (χ4v) is 1.61. The van der Waals surface area contributed by atoms with E-state index in [2.05, 4.69) is 6.58 Å². The van der Waals surface area contributed by atoms with Crippen molar-refractivity contribution in [2.45, 2.75) is 0 Å². The zero-order valence-corrected chi connectivity index (χ0v) is 5.08. The summed E-state index contributed by atoms with van der Waals surface area (Å²) in [4.78, 5) is 10.9.